The van der Waals surface area contributed by atoms with Crippen LogP contribution in [0, 0.1) is 6.92 Å². The van der Waals surface area contributed by atoms with Gasteiger partial charge in [-0.25, -0.2) is 4.98 Å². The Morgan fingerprint density at radius 1 is 0.938 bits per heavy atom. The first-order valence-electron chi connectivity index (χ1n) is 10.5. The predicted octanol–water partition coefficient (Wildman–Crippen LogP) is 5.86. The first-order valence-corrected chi connectivity index (χ1v) is 10.9. The number of nitrogens with zero attached hydrogens (tertiary/aromatic N) is 2. The molecule has 1 amide bonds. The molecule has 4 aromatic rings. The summed E-state index contributed by atoms with van der Waals surface area (Å²) in [5, 5.41) is 7.19. The molecule has 0 bridgehead atoms. The summed E-state index contributed by atoms with van der Waals surface area (Å²) in [7, 11) is 0. The van der Waals surface area contributed by atoms with Gasteiger partial charge in [0, 0.05) is 28.6 Å². The molecule has 2 unspecified atom stereocenters. The van der Waals surface area contributed by atoms with E-state index >= 15 is 0 Å². The number of hydrogen-bond donors (Lipinski definition) is 2. The molecule has 162 valence electrons. The van der Waals surface area contributed by atoms with Gasteiger partial charge in [-0.05, 0) is 61.4 Å². The summed E-state index contributed by atoms with van der Waals surface area (Å²) in [4.78, 5) is 17.5. The SMILES string of the molecule is Cc1cn(-c2ccc(NC(=O)C(NC(C)c3ccc(Cl)cc3)c3ccccc3)cc2)cn1. The van der Waals surface area contributed by atoms with Crippen LogP contribution in [0.25, 0.3) is 5.69 Å². The second-order valence-corrected chi connectivity index (χ2v) is 8.18. The van der Waals surface area contributed by atoms with Crippen molar-refractivity contribution in [2.24, 2.45) is 0 Å². The Labute approximate surface area is 193 Å². The van der Waals surface area contributed by atoms with Gasteiger partial charge in [0.25, 0.3) is 0 Å². The van der Waals surface area contributed by atoms with E-state index in [0.29, 0.717) is 5.02 Å². The molecule has 0 aliphatic rings. The Balaban J connectivity index is 1.52. The van der Waals surface area contributed by atoms with E-state index in [1.54, 1.807) is 6.33 Å². The molecule has 0 radical (unpaired) electrons. The van der Waals surface area contributed by atoms with Crippen molar-refractivity contribution in [1.29, 1.82) is 0 Å². The monoisotopic (exact) mass is 444 g/mol. The standard InChI is InChI=1S/C26H25ClN4O/c1-18-16-31(17-28-18)24-14-12-23(13-15-24)30-26(32)25(21-6-4-3-5-7-21)29-19(2)20-8-10-22(27)11-9-20/h3-17,19,25,29H,1-2H3,(H,30,32). The molecule has 0 saturated carbocycles. The van der Waals surface area contributed by atoms with Crippen molar-refractivity contribution in [3.63, 3.8) is 0 Å². The fourth-order valence-corrected chi connectivity index (χ4v) is 3.69. The van der Waals surface area contributed by atoms with Crippen molar-refractivity contribution in [2.75, 3.05) is 5.32 Å². The highest BCUT2D eigenvalue weighted by Gasteiger charge is 2.23. The van der Waals surface area contributed by atoms with Gasteiger partial charge in [0.15, 0.2) is 0 Å². The number of carbonyl (C=O) groups is 1. The molecular weight excluding hydrogens is 420 g/mol. The number of rotatable bonds is 7. The Morgan fingerprint density at radius 2 is 1.62 bits per heavy atom. The van der Waals surface area contributed by atoms with Crippen molar-refractivity contribution in [3.05, 3.63) is 113 Å². The van der Waals surface area contributed by atoms with Crippen LogP contribution in [-0.2, 0) is 4.79 Å². The zero-order valence-corrected chi connectivity index (χ0v) is 18.8. The van der Waals surface area contributed by atoms with Gasteiger partial charge in [-0.3, -0.25) is 10.1 Å². The van der Waals surface area contributed by atoms with Gasteiger partial charge in [-0.1, -0.05) is 54.1 Å². The molecule has 2 atom stereocenters. The largest absolute Gasteiger partial charge is 0.324 e. The average molecular weight is 445 g/mol. The quantitative estimate of drug-likeness (QED) is 0.375. The van der Waals surface area contributed by atoms with Crippen LogP contribution < -0.4 is 10.6 Å². The first-order chi connectivity index (χ1) is 15.5. The van der Waals surface area contributed by atoms with E-state index in [-0.39, 0.29) is 11.9 Å². The van der Waals surface area contributed by atoms with E-state index in [1.807, 2.05) is 103 Å². The molecule has 2 N–H and O–H groups in total. The van der Waals surface area contributed by atoms with E-state index in [0.717, 1.165) is 28.2 Å². The number of amides is 1. The number of aromatic nitrogens is 2. The van der Waals surface area contributed by atoms with Crippen molar-refractivity contribution in [2.45, 2.75) is 25.9 Å². The maximum Gasteiger partial charge on any atom is 0.246 e. The molecular formula is C26H25ClN4O. The van der Waals surface area contributed by atoms with Crippen LogP contribution in [0.5, 0.6) is 0 Å². The van der Waals surface area contributed by atoms with Gasteiger partial charge < -0.3 is 9.88 Å². The topological polar surface area (TPSA) is 59.0 Å². The Morgan fingerprint density at radius 3 is 2.25 bits per heavy atom. The van der Waals surface area contributed by atoms with Crippen molar-refractivity contribution >= 4 is 23.2 Å². The third kappa shape index (κ3) is 5.25. The number of imidazole rings is 1. The lowest BCUT2D eigenvalue weighted by Crippen LogP contribution is -2.34. The fourth-order valence-electron chi connectivity index (χ4n) is 3.56. The van der Waals surface area contributed by atoms with Crippen LogP contribution in [-0.4, -0.2) is 15.5 Å². The molecule has 3 aromatic carbocycles. The summed E-state index contributed by atoms with van der Waals surface area (Å²) in [5.74, 6) is -0.122. The zero-order chi connectivity index (χ0) is 22.5. The molecule has 0 aliphatic carbocycles. The van der Waals surface area contributed by atoms with Gasteiger partial charge in [0.2, 0.25) is 5.91 Å². The van der Waals surface area contributed by atoms with E-state index in [9.17, 15) is 4.79 Å². The summed E-state index contributed by atoms with van der Waals surface area (Å²) >= 11 is 6.02. The Kier molecular flexibility index (Phi) is 6.69. The third-order valence-corrected chi connectivity index (χ3v) is 5.58. The van der Waals surface area contributed by atoms with Crippen molar-refractivity contribution < 1.29 is 4.79 Å². The highest BCUT2D eigenvalue weighted by molar-refractivity contribution is 6.30. The van der Waals surface area contributed by atoms with E-state index in [1.165, 1.54) is 0 Å². The third-order valence-electron chi connectivity index (χ3n) is 5.33. The number of nitrogens with one attached hydrogen (secondary N) is 2. The molecule has 1 aromatic heterocycles. The number of carbonyl (C=O) groups excluding carboxylic acids is 1. The lowest BCUT2D eigenvalue weighted by Gasteiger charge is -2.24. The van der Waals surface area contributed by atoms with Crippen LogP contribution in [0.1, 0.15) is 35.8 Å². The van der Waals surface area contributed by atoms with E-state index in [2.05, 4.69) is 15.6 Å². The lowest BCUT2D eigenvalue weighted by atomic mass is 10.0. The molecule has 0 fully saturated rings. The van der Waals surface area contributed by atoms with Crippen LogP contribution in [0.2, 0.25) is 5.02 Å². The summed E-state index contributed by atoms with van der Waals surface area (Å²) in [6.07, 6.45) is 3.73. The molecule has 4 rings (SSSR count). The molecule has 5 nitrogen and oxygen atoms in total. The number of benzene rings is 3. The second kappa shape index (κ2) is 9.81. The highest BCUT2D eigenvalue weighted by atomic mass is 35.5. The summed E-state index contributed by atoms with van der Waals surface area (Å²) in [6.45, 7) is 3.99. The normalized spacial score (nSPS) is 12.8. The molecule has 0 saturated heterocycles. The van der Waals surface area contributed by atoms with Crippen LogP contribution >= 0.6 is 11.6 Å². The van der Waals surface area contributed by atoms with Crippen molar-refractivity contribution in [3.8, 4) is 5.69 Å². The number of aryl methyl sites for hydroxylation is 1. The second-order valence-electron chi connectivity index (χ2n) is 7.74. The number of anilines is 1. The first kappa shape index (κ1) is 21.8. The number of hydrogen-bond acceptors (Lipinski definition) is 3. The van der Waals surface area contributed by atoms with Crippen LogP contribution in [0.3, 0.4) is 0 Å². The summed E-state index contributed by atoms with van der Waals surface area (Å²) < 4.78 is 1.95. The Bertz CT molecular complexity index is 1170. The molecule has 6 heteroatoms. The minimum absolute atomic E-state index is 0.0462. The molecule has 32 heavy (non-hydrogen) atoms. The van der Waals surface area contributed by atoms with Gasteiger partial charge in [-0.2, -0.15) is 0 Å². The summed E-state index contributed by atoms with van der Waals surface area (Å²) in [5.41, 5.74) is 4.63. The fraction of sp³-hybridized carbons (Fsp3) is 0.154. The zero-order valence-electron chi connectivity index (χ0n) is 18.0. The predicted molar refractivity (Wildman–Crippen MR) is 129 cm³/mol. The minimum atomic E-state index is -0.516. The Hall–Kier alpha value is -3.41. The smallest absolute Gasteiger partial charge is 0.246 e. The maximum atomic E-state index is 13.3. The van der Waals surface area contributed by atoms with E-state index < -0.39 is 6.04 Å². The van der Waals surface area contributed by atoms with Gasteiger partial charge >= 0.3 is 0 Å². The maximum absolute atomic E-state index is 13.3. The van der Waals surface area contributed by atoms with Crippen LogP contribution in [0.15, 0.2) is 91.4 Å². The summed E-state index contributed by atoms with van der Waals surface area (Å²) in [6, 6.07) is 24.5. The minimum Gasteiger partial charge on any atom is -0.324 e. The lowest BCUT2D eigenvalue weighted by molar-refractivity contribution is -0.118. The number of halogens is 1. The molecule has 0 spiro atoms. The van der Waals surface area contributed by atoms with Crippen LogP contribution in [0.4, 0.5) is 5.69 Å². The van der Waals surface area contributed by atoms with Gasteiger partial charge in [0.05, 0.1) is 12.0 Å². The van der Waals surface area contributed by atoms with Crippen molar-refractivity contribution in [1.82, 2.24) is 14.9 Å². The van der Waals surface area contributed by atoms with Gasteiger partial charge in [-0.15, -0.1) is 0 Å². The highest BCUT2D eigenvalue weighted by Crippen LogP contribution is 2.23. The average Bonchev–Trinajstić information content (AvgIpc) is 3.25. The van der Waals surface area contributed by atoms with E-state index in [4.69, 9.17) is 11.6 Å². The molecule has 1 heterocycles. The van der Waals surface area contributed by atoms with Gasteiger partial charge in [0.1, 0.15) is 6.04 Å². The molecule has 0 aliphatic heterocycles.